The molecular formula is C22H21FN4O3. The van der Waals surface area contributed by atoms with Crippen LogP contribution >= 0.6 is 0 Å². The second-order valence-corrected chi connectivity index (χ2v) is 7.04. The van der Waals surface area contributed by atoms with E-state index in [1.165, 1.54) is 16.8 Å². The lowest BCUT2D eigenvalue weighted by molar-refractivity contribution is -0.117. The lowest BCUT2D eigenvalue weighted by Gasteiger charge is -2.20. The summed E-state index contributed by atoms with van der Waals surface area (Å²) in [4.78, 5) is 26.7. The number of carbonyl (C=O) groups excluding carboxylic acids is 2. The molecule has 30 heavy (non-hydrogen) atoms. The largest absolute Gasteiger partial charge is 0.495 e. The number of anilines is 2. The van der Waals surface area contributed by atoms with E-state index in [9.17, 15) is 14.0 Å². The summed E-state index contributed by atoms with van der Waals surface area (Å²) in [6, 6.07) is 12.8. The molecule has 0 spiro atoms. The van der Waals surface area contributed by atoms with Gasteiger partial charge in [-0.3, -0.25) is 14.3 Å². The van der Waals surface area contributed by atoms with Gasteiger partial charge in [-0.25, -0.2) is 4.39 Å². The molecular weight excluding hydrogens is 387 g/mol. The molecule has 1 N–H and O–H groups in total. The molecule has 7 nitrogen and oxygen atoms in total. The van der Waals surface area contributed by atoms with Crippen LogP contribution in [-0.2, 0) is 11.8 Å². The Balaban J connectivity index is 1.58. The van der Waals surface area contributed by atoms with Gasteiger partial charge < -0.3 is 15.0 Å². The number of hydrogen-bond donors (Lipinski definition) is 1. The van der Waals surface area contributed by atoms with Crippen LogP contribution in [0.5, 0.6) is 5.75 Å². The highest BCUT2D eigenvalue weighted by Gasteiger charge is 2.25. The Morgan fingerprint density at radius 2 is 1.93 bits per heavy atom. The zero-order chi connectivity index (χ0) is 21.3. The van der Waals surface area contributed by atoms with Crippen molar-refractivity contribution in [3.05, 3.63) is 60.0 Å². The van der Waals surface area contributed by atoms with Crippen LogP contribution in [0.3, 0.4) is 0 Å². The zero-order valence-electron chi connectivity index (χ0n) is 16.7. The van der Waals surface area contributed by atoms with Crippen LogP contribution in [-0.4, -0.2) is 35.2 Å². The number of carbonyl (C=O) groups is 2. The minimum absolute atomic E-state index is 0.0346. The van der Waals surface area contributed by atoms with E-state index in [-0.39, 0.29) is 17.6 Å². The number of nitrogens with zero attached hydrogens (tertiary/aromatic N) is 3. The van der Waals surface area contributed by atoms with Crippen molar-refractivity contribution < 1.29 is 18.7 Å². The van der Waals surface area contributed by atoms with Crippen molar-refractivity contribution in [2.75, 3.05) is 23.9 Å². The monoisotopic (exact) mass is 408 g/mol. The van der Waals surface area contributed by atoms with Gasteiger partial charge in [0, 0.05) is 31.3 Å². The molecule has 2 amide bonds. The minimum atomic E-state index is -0.345. The SMILES string of the molecule is COc1ccc(NC(=O)c2cc(-c3ccc(F)cc3)nn2C)cc1N1CCCC1=O. The van der Waals surface area contributed by atoms with E-state index in [0.29, 0.717) is 47.0 Å². The first-order valence-electron chi connectivity index (χ1n) is 9.56. The average molecular weight is 408 g/mol. The lowest BCUT2D eigenvalue weighted by atomic mass is 10.1. The van der Waals surface area contributed by atoms with Crippen LogP contribution in [0.1, 0.15) is 23.3 Å². The molecule has 3 aromatic rings. The van der Waals surface area contributed by atoms with E-state index in [1.54, 1.807) is 55.5 Å². The van der Waals surface area contributed by atoms with Crippen molar-refractivity contribution in [2.24, 2.45) is 7.05 Å². The van der Waals surface area contributed by atoms with Gasteiger partial charge in [-0.15, -0.1) is 0 Å². The van der Waals surface area contributed by atoms with Gasteiger partial charge >= 0.3 is 0 Å². The van der Waals surface area contributed by atoms with Gasteiger partial charge in [-0.1, -0.05) is 0 Å². The Bertz CT molecular complexity index is 1110. The topological polar surface area (TPSA) is 76.5 Å². The number of aryl methyl sites for hydroxylation is 1. The van der Waals surface area contributed by atoms with Gasteiger partial charge in [-0.05, 0) is 55.0 Å². The predicted molar refractivity (Wildman–Crippen MR) is 111 cm³/mol. The quantitative estimate of drug-likeness (QED) is 0.700. The van der Waals surface area contributed by atoms with Crippen molar-refractivity contribution in [3.8, 4) is 17.0 Å². The Kier molecular flexibility index (Phi) is 5.22. The first-order valence-corrected chi connectivity index (χ1v) is 9.56. The molecule has 154 valence electrons. The number of hydrogen-bond acceptors (Lipinski definition) is 4. The number of amides is 2. The third-order valence-corrected chi connectivity index (χ3v) is 5.05. The number of rotatable bonds is 5. The van der Waals surface area contributed by atoms with Crippen molar-refractivity contribution in [2.45, 2.75) is 12.8 Å². The number of ether oxygens (including phenoxy) is 1. The molecule has 1 saturated heterocycles. The maximum absolute atomic E-state index is 13.2. The van der Waals surface area contributed by atoms with Gasteiger partial charge in [0.2, 0.25) is 5.91 Å². The van der Waals surface area contributed by atoms with Crippen LogP contribution in [0.2, 0.25) is 0 Å². The lowest BCUT2D eigenvalue weighted by Crippen LogP contribution is -2.24. The number of halogens is 1. The second kappa shape index (κ2) is 7.98. The smallest absolute Gasteiger partial charge is 0.273 e. The average Bonchev–Trinajstić information content (AvgIpc) is 3.34. The number of methoxy groups -OCH3 is 1. The summed E-state index contributed by atoms with van der Waals surface area (Å²) in [5.41, 5.74) is 2.81. The molecule has 4 rings (SSSR count). The first kappa shape index (κ1) is 19.6. The molecule has 2 aromatic carbocycles. The standard InChI is InChI=1S/C22H21FN4O3/c1-26-19(13-17(25-26)14-5-7-15(23)8-6-14)22(29)24-16-9-10-20(30-2)18(12-16)27-11-3-4-21(27)28/h5-10,12-13H,3-4,11H2,1-2H3,(H,24,29). The molecule has 1 aliphatic rings. The highest BCUT2D eigenvalue weighted by molar-refractivity contribution is 6.04. The van der Waals surface area contributed by atoms with Crippen molar-refractivity contribution in [1.29, 1.82) is 0 Å². The Hall–Kier alpha value is -3.68. The fraction of sp³-hybridized carbons (Fsp3) is 0.227. The van der Waals surface area contributed by atoms with Crippen molar-refractivity contribution in [1.82, 2.24) is 9.78 Å². The maximum Gasteiger partial charge on any atom is 0.273 e. The zero-order valence-corrected chi connectivity index (χ0v) is 16.7. The van der Waals surface area contributed by atoms with Gasteiger partial charge in [0.1, 0.15) is 17.3 Å². The van der Waals surface area contributed by atoms with Crippen molar-refractivity contribution in [3.63, 3.8) is 0 Å². The predicted octanol–water partition coefficient (Wildman–Crippen LogP) is 3.61. The van der Waals surface area contributed by atoms with Gasteiger partial charge in [0.15, 0.2) is 0 Å². The molecule has 8 heteroatoms. The van der Waals surface area contributed by atoms with Crippen LogP contribution in [0.4, 0.5) is 15.8 Å². The molecule has 0 saturated carbocycles. The summed E-state index contributed by atoms with van der Waals surface area (Å²) >= 11 is 0. The van der Waals surface area contributed by atoms with Gasteiger partial charge in [0.25, 0.3) is 5.91 Å². The van der Waals surface area contributed by atoms with E-state index in [0.717, 1.165) is 6.42 Å². The fourth-order valence-electron chi connectivity index (χ4n) is 3.52. The summed E-state index contributed by atoms with van der Waals surface area (Å²) in [5.74, 6) is -0.0728. The van der Waals surface area contributed by atoms with Crippen molar-refractivity contribution >= 4 is 23.2 Å². The third kappa shape index (κ3) is 3.76. The highest BCUT2D eigenvalue weighted by Crippen LogP contribution is 2.34. The van der Waals surface area contributed by atoms with E-state index in [1.807, 2.05) is 0 Å². The number of benzene rings is 2. The molecule has 0 aliphatic carbocycles. The Morgan fingerprint density at radius 3 is 2.60 bits per heavy atom. The highest BCUT2D eigenvalue weighted by atomic mass is 19.1. The molecule has 2 heterocycles. The molecule has 1 aliphatic heterocycles. The van der Waals surface area contributed by atoms with E-state index < -0.39 is 0 Å². The molecule has 0 bridgehead atoms. The van der Waals surface area contributed by atoms with E-state index in [2.05, 4.69) is 10.4 Å². The molecule has 0 unspecified atom stereocenters. The third-order valence-electron chi connectivity index (χ3n) is 5.05. The maximum atomic E-state index is 13.2. The summed E-state index contributed by atoms with van der Waals surface area (Å²) in [6.07, 6.45) is 1.29. The summed E-state index contributed by atoms with van der Waals surface area (Å²) in [5, 5.41) is 7.20. The molecule has 0 atom stereocenters. The second-order valence-electron chi connectivity index (χ2n) is 7.04. The fourth-order valence-corrected chi connectivity index (χ4v) is 3.52. The van der Waals surface area contributed by atoms with E-state index in [4.69, 9.17) is 4.74 Å². The molecule has 1 fully saturated rings. The Morgan fingerprint density at radius 1 is 1.17 bits per heavy atom. The normalized spacial score (nSPS) is 13.6. The number of aromatic nitrogens is 2. The van der Waals surface area contributed by atoms with Gasteiger partial charge in [0.05, 0.1) is 18.5 Å². The summed E-state index contributed by atoms with van der Waals surface area (Å²) < 4.78 is 20.0. The van der Waals surface area contributed by atoms with Crippen LogP contribution in [0.25, 0.3) is 11.3 Å². The Labute approximate surface area is 173 Å². The number of nitrogens with one attached hydrogen (secondary N) is 1. The van der Waals surface area contributed by atoms with Crippen LogP contribution < -0.4 is 15.0 Å². The van der Waals surface area contributed by atoms with Crippen LogP contribution in [0, 0.1) is 5.82 Å². The molecule has 0 radical (unpaired) electrons. The molecule has 1 aromatic heterocycles. The van der Waals surface area contributed by atoms with E-state index >= 15 is 0 Å². The van der Waals surface area contributed by atoms with Gasteiger partial charge in [-0.2, -0.15) is 5.10 Å². The summed E-state index contributed by atoms with van der Waals surface area (Å²) in [6.45, 7) is 0.620. The first-order chi connectivity index (χ1) is 14.5. The van der Waals surface area contributed by atoms with Crippen LogP contribution in [0.15, 0.2) is 48.5 Å². The minimum Gasteiger partial charge on any atom is -0.495 e. The summed E-state index contributed by atoms with van der Waals surface area (Å²) in [7, 11) is 3.22.